The average Bonchev–Trinajstić information content (AvgIpc) is 2.19. The summed E-state index contributed by atoms with van der Waals surface area (Å²) in [5, 5.41) is 10.4. The molecule has 0 aromatic carbocycles. The van der Waals surface area contributed by atoms with Crippen LogP contribution in [0.1, 0.15) is 12.0 Å². The number of halogens is 1. The zero-order valence-corrected chi connectivity index (χ0v) is 8.85. The second-order valence-corrected chi connectivity index (χ2v) is 3.27. The number of hydrogen-bond acceptors (Lipinski definition) is 4. The number of carbonyl (C=O) groups is 1. The van der Waals surface area contributed by atoms with E-state index in [0.29, 0.717) is 5.56 Å². The van der Waals surface area contributed by atoms with Gasteiger partial charge in [-0.1, -0.05) is 23.8 Å². The lowest BCUT2D eigenvalue weighted by Gasteiger charge is -1.96. The third kappa shape index (κ3) is 3.32. The molecule has 1 aromatic heterocycles. The van der Waals surface area contributed by atoms with Crippen molar-refractivity contribution in [3.8, 4) is 0 Å². The molecule has 16 heavy (non-hydrogen) atoms. The second kappa shape index (κ2) is 5.22. The van der Waals surface area contributed by atoms with Gasteiger partial charge >= 0.3 is 5.69 Å². The van der Waals surface area contributed by atoms with Crippen molar-refractivity contribution >= 4 is 29.3 Å². The number of pyridine rings is 1. The highest BCUT2D eigenvalue weighted by atomic mass is 35.5. The molecule has 1 aromatic rings. The summed E-state index contributed by atoms with van der Waals surface area (Å²) in [6.07, 6.45) is 4.45. The van der Waals surface area contributed by atoms with Crippen LogP contribution in [0.2, 0.25) is 5.15 Å². The van der Waals surface area contributed by atoms with Crippen molar-refractivity contribution < 1.29 is 9.72 Å². The van der Waals surface area contributed by atoms with E-state index in [2.05, 4.69) is 4.98 Å². The van der Waals surface area contributed by atoms with Crippen LogP contribution < -0.4 is 5.73 Å². The highest BCUT2D eigenvalue weighted by molar-refractivity contribution is 6.31. The van der Waals surface area contributed by atoms with E-state index in [1.807, 2.05) is 0 Å². The molecule has 0 saturated carbocycles. The molecule has 0 aliphatic carbocycles. The zero-order chi connectivity index (χ0) is 12.1. The van der Waals surface area contributed by atoms with Crippen molar-refractivity contribution in [3.05, 3.63) is 39.2 Å². The molecule has 0 fully saturated rings. The summed E-state index contributed by atoms with van der Waals surface area (Å²) in [4.78, 5) is 24.0. The fourth-order valence-corrected chi connectivity index (χ4v) is 1.15. The lowest BCUT2D eigenvalue weighted by Crippen LogP contribution is -2.07. The standard InChI is InChI=1S/C9H8ClN3O3/c10-9-7(13(15)16)4-6(5-12-9)2-1-3-8(11)14/h1-2,4-5H,3H2,(H2,11,14). The molecule has 84 valence electrons. The lowest BCUT2D eigenvalue weighted by molar-refractivity contribution is -0.385. The minimum atomic E-state index is -0.624. The molecular formula is C9H8ClN3O3. The maximum Gasteiger partial charge on any atom is 0.307 e. The van der Waals surface area contributed by atoms with Gasteiger partial charge in [-0.3, -0.25) is 14.9 Å². The molecule has 6 nitrogen and oxygen atoms in total. The van der Waals surface area contributed by atoms with Gasteiger partial charge in [-0.25, -0.2) is 4.98 Å². The molecule has 1 heterocycles. The summed E-state index contributed by atoms with van der Waals surface area (Å²) in [5.74, 6) is -0.479. The summed E-state index contributed by atoms with van der Waals surface area (Å²) in [6.45, 7) is 0. The van der Waals surface area contributed by atoms with Gasteiger partial charge in [0.15, 0.2) is 0 Å². The van der Waals surface area contributed by atoms with Gasteiger partial charge in [0.1, 0.15) is 0 Å². The van der Waals surface area contributed by atoms with E-state index in [1.54, 1.807) is 0 Å². The molecule has 2 N–H and O–H groups in total. The van der Waals surface area contributed by atoms with Gasteiger partial charge in [0, 0.05) is 18.7 Å². The Bertz CT molecular complexity index is 459. The van der Waals surface area contributed by atoms with Crippen molar-refractivity contribution in [2.75, 3.05) is 0 Å². The number of nitrogens with zero attached hydrogens (tertiary/aromatic N) is 2. The quantitative estimate of drug-likeness (QED) is 0.491. The van der Waals surface area contributed by atoms with Crippen molar-refractivity contribution in [2.45, 2.75) is 6.42 Å². The van der Waals surface area contributed by atoms with Gasteiger partial charge in [-0.2, -0.15) is 0 Å². The molecule has 0 aliphatic heterocycles. The second-order valence-electron chi connectivity index (χ2n) is 2.91. The number of nitrogens with two attached hydrogens (primary N) is 1. The highest BCUT2D eigenvalue weighted by Gasteiger charge is 2.13. The van der Waals surface area contributed by atoms with E-state index in [1.165, 1.54) is 24.4 Å². The predicted molar refractivity (Wildman–Crippen MR) is 58.7 cm³/mol. The van der Waals surface area contributed by atoms with E-state index < -0.39 is 10.8 Å². The Morgan fingerprint density at radius 3 is 2.94 bits per heavy atom. The zero-order valence-electron chi connectivity index (χ0n) is 8.09. The van der Waals surface area contributed by atoms with Crippen LogP contribution >= 0.6 is 11.6 Å². The molecular weight excluding hydrogens is 234 g/mol. The first-order chi connectivity index (χ1) is 7.50. The van der Waals surface area contributed by atoms with Crippen LogP contribution in [-0.4, -0.2) is 15.8 Å². The smallest absolute Gasteiger partial charge is 0.307 e. The Morgan fingerprint density at radius 1 is 1.69 bits per heavy atom. The largest absolute Gasteiger partial charge is 0.369 e. The SMILES string of the molecule is NC(=O)CC=Cc1cnc(Cl)c([N+](=O)[O-])c1. The summed E-state index contributed by atoms with van der Waals surface area (Å²) in [5.41, 5.74) is 5.13. The Morgan fingerprint density at radius 2 is 2.38 bits per heavy atom. The van der Waals surface area contributed by atoms with Gasteiger partial charge < -0.3 is 5.73 Å². The monoisotopic (exact) mass is 241 g/mol. The predicted octanol–water partition coefficient (Wildman–Crippen LogP) is 1.53. The maximum absolute atomic E-state index is 10.5. The Hall–Kier alpha value is -1.95. The van der Waals surface area contributed by atoms with Crippen LogP contribution in [-0.2, 0) is 4.79 Å². The number of amides is 1. The third-order valence-electron chi connectivity index (χ3n) is 1.67. The van der Waals surface area contributed by atoms with Crippen molar-refractivity contribution in [1.82, 2.24) is 4.98 Å². The van der Waals surface area contributed by atoms with Crippen molar-refractivity contribution in [1.29, 1.82) is 0 Å². The number of aromatic nitrogens is 1. The first kappa shape index (κ1) is 12.1. The fraction of sp³-hybridized carbons (Fsp3) is 0.111. The van der Waals surface area contributed by atoms with Crippen LogP contribution in [0.4, 0.5) is 5.69 Å². The van der Waals surface area contributed by atoms with Crippen LogP contribution in [0.5, 0.6) is 0 Å². The average molecular weight is 242 g/mol. The van der Waals surface area contributed by atoms with Gasteiger partial charge in [0.2, 0.25) is 11.1 Å². The maximum atomic E-state index is 10.5. The summed E-state index contributed by atoms with van der Waals surface area (Å²) < 4.78 is 0. The first-order valence-corrected chi connectivity index (χ1v) is 4.63. The van der Waals surface area contributed by atoms with Crippen molar-refractivity contribution in [2.24, 2.45) is 5.73 Å². The number of nitro groups is 1. The van der Waals surface area contributed by atoms with Gasteiger partial charge in [0.25, 0.3) is 0 Å². The van der Waals surface area contributed by atoms with E-state index >= 15 is 0 Å². The molecule has 0 unspecified atom stereocenters. The fourth-order valence-electron chi connectivity index (χ4n) is 0.982. The molecule has 0 bridgehead atoms. The lowest BCUT2D eigenvalue weighted by atomic mass is 10.2. The molecule has 0 atom stereocenters. The normalized spacial score (nSPS) is 10.6. The van der Waals surface area contributed by atoms with Gasteiger partial charge in [-0.05, 0) is 5.56 Å². The van der Waals surface area contributed by atoms with E-state index in [-0.39, 0.29) is 17.3 Å². The number of rotatable bonds is 4. The molecule has 0 aliphatic rings. The van der Waals surface area contributed by atoms with E-state index in [0.717, 1.165) is 0 Å². The molecule has 0 radical (unpaired) electrons. The third-order valence-corrected chi connectivity index (χ3v) is 1.96. The highest BCUT2D eigenvalue weighted by Crippen LogP contribution is 2.22. The molecule has 1 amide bonds. The Balaban J connectivity index is 2.91. The number of carbonyl (C=O) groups excluding carboxylic acids is 1. The van der Waals surface area contributed by atoms with Crippen LogP contribution in [0.15, 0.2) is 18.3 Å². The molecule has 7 heteroatoms. The minimum Gasteiger partial charge on any atom is -0.369 e. The molecule has 0 saturated heterocycles. The number of hydrogen-bond donors (Lipinski definition) is 1. The summed E-state index contributed by atoms with van der Waals surface area (Å²) in [7, 11) is 0. The Kier molecular flexibility index (Phi) is 3.96. The number of primary amides is 1. The van der Waals surface area contributed by atoms with Crippen LogP contribution in [0, 0.1) is 10.1 Å². The van der Waals surface area contributed by atoms with Crippen LogP contribution in [0.3, 0.4) is 0 Å². The topological polar surface area (TPSA) is 99.1 Å². The van der Waals surface area contributed by atoms with E-state index in [4.69, 9.17) is 17.3 Å². The molecule has 1 rings (SSSR count). The first-order valence-electron chi connectivity index (χ1n) is 4.25. The van der Waals surface area contributed by atoms with Gasteiger partial charge in [0.05, 0.1) is 4.92 Å². The van der Waals surface area contributed by atoms with Gasteiger partial charge in [-0.15, -0.1) is 0 Å². The summed E-state index contributed by atoms with van der Waals surface area (Å²) >= 11 is 5.52. The van der Waals surface area contributed by atoms with Crippen molar-refractivity contribution in [3.63, 3.8) is 0 Å². The van der Waals surface area contributed by atoms with E-state index in [9.17, 15) is 14.9 Å². The van der Waals surface area contributed by atoms with Crippen LogP contribution in [0.25, 0.3) is 6.08 Å². The Labute approximate surface area is 95.9 Å². The molecule has 0 spiro atoms. The summed E-state index contributed by atoms with van der Waals surface area (Å²) in [6, 6.07) is 1.27. The minimum absolute atomic E-state index is 0.0659.